The smallest absolute Gasteiger partial charge is 0.309 e. The first kappa shape index (κ1) is 17.7. The summed E-state index contributed by atoms with van der Waals surface area (Å²) in [6.07, 6.45) is 1.55. The number of esters is 1. The number of ether oxygens (including phenoxy) is 1. The van der Waals surface area contributed by atoms with Crippen molar-refractivity contribution in [3.8, 4) is 0 Å². The third-order valence-electron chi connectivity index (χ3n) is 3.76. The van der Waals surface area contributed by atoms with Crippen molar-refractivity contribution in [2.75, 3.05) is 39.3 Å². The number of likely N-dealkylation sites (N-methyl/N-ethyl adjacent to an activating group) is 1. The monoisotopic (exact) mass is 296 g/mol. The van der Waals surface area contributed by atoms with Crippen molar-refractivity contribution in [3.05, 3.63) is 12.2 Å². The van der Waals surface area contributed by atoms with Gasteiger partial charge in [0.25, 0.3) is 0 Å². The molecule has 0 aromatic heterocycles. The maximum atomic E-state index is 12.2. The Morgan fingerprint density at radius 1 is 1.29 bits per heavy atom. The number of carbonyl (C=O) groups is 2. The number of hydrogen-bond donors (Lipinski definition) is 0. The molecule has 0 saturated carbocycles. The van der Waals surface area contributed by atoms with Crippen LogP contribution in [-0.4, -0.2) is 61.0 Å². The van der Waals surface area contributed by atoms with Crippen LogP contribution in [0.3, 0.4) is 0 Å². The van der Waals surface area contributed by atoms with E-state index < -0.39 is 0 Å². The zero-order valence-electron chi connectivity index (χ0n) is 13.6. The molecule has 1 rings (SSSR count). The van der Waals surface area contributed by atoms with E-state index in [1.54, 1.807) is 0 Å². The Morgan fingerprint density at radius 3 is 2.38 bits per heavy atom. The van der Waals surface area contributed by atoms with Gasteiger partial charge in [-0.3, -0.25) is 14.5 Å². The highest BCUT2D eigenvalue weighted by molar-refractivity contribution is 5.78. The van der Waals surface area contributed by atoms with Crippen molar-refractivity contribution in [2.24, 2.45) is 5.92 Å². The summed E-state index contributed by atoms with van der Waals surface area (Å²) < 4.78 is 5.05. The van der Waals surface area contributed by atoms with E-state index in [2.05, 4.69) is 11.5 Å². The lowest BCUT2D eigenvalue weighted by molar-refractivity contribution is -0.149. The lowest BCUT2D eigenvalue weighted by Crippen LogP contribution is -2.44. The van der Waals surface area contributed by atoms with Gasteiger partial charge in [-0.05, 0) is 46.7 Å². The first-order chi connectivity index (χ1) is 9.97. The van der Waals surface area contributed by atoms with E-state index in [0.29, 0.717) is 26.2 Å². The van der Waals surface area contributed by atoms with Crippen LogP contribution in [0.2, 0.25) is 0 Å². The van der Waals surface area contributed by atoms with Crippen molar-refractivity contribution in [1.29, 1.82) is 0 Å². The van der Waals surface area contributed by atoms with Gasteiger partial charge in [0.15, 0.2) is 0 Å². The van der Waals surface area contributed by atoms with Gasteiger partial charge in [-0.15, -0.1) is 0 Å². The SMILES string of the molecule is C=C(C)CN(CC)C(=O)CN1CCC(C(=O)OCC)CC1. The van der Waals surface area contributed by atoms with E-state index >= 15 is 0 Å². The van der Waals surface area contributed by atoms with Crippen LogP contribution in [0.15, 0.2) is 12.2 Å². The van der Waals surface area contributed by atoms with Crippen LogP contribution < -0.4 is 0 Å². The van der Waals surface area contributed by atoms with E-state index in [1.807, 2.05) is 25.7 Å². The summed E-state index contributed by atoms with van der Waals surface area (Å²) in [4.78, 5) is 27.9. The van der Waals surface area contributed by atoms with Crippen molar-refractivity contribution in [1.82, 2.24) is 9.80 Å². The van der Waals surface area contributed by atoms with Gasteiger partial charge in [-0.1, -0.05) is 12.2 Å². The Labute approximate surface area is 127 Å². The molecule has 0 radical (unpaired) electrons. The van der Waals surface area contributed by atoms with Crippen LogP contribution in [0, 0.1) is 5.92 Å². The van der Waals surface area contributed by atoms with Crippen molar-refractivity contribution in [2.45, 2.75) is 33.6 Å². The number of likely N-dealkylation sites (tertiary alicyclic amines) is 1. The summed E-state index contributed by atoms with van der Waals surface area (Å²) >= 11 is 0. The van der Waals surface area contributed by atoms with Gasteiger partial charge in [0.2, 0.25) is 5.91 Å². The zero-order valence-corrected chi connectivity index (χ0v) is 13.6. The highest BCUT2D eigenvalue weighted by Crippen LogP contribution is 2.18. The number of nitrogens with zero attached hydrogens (tertiary/aromatic N) is 2. The Bertz CT molecular complexity index is 374. The molecule has 0 aromatic carbocycles. The molecule has 0 bridgehead atoms. The van der Waals surface area contributed by atoms with Gasteiger partial charge in [-0.2, -0.15) is 0 Å². The van der Waals surface area contributed by atoms with Crippen LogP contribution in [0.5, 0.6) is 0 Å². The molecule has 1 fully saturated rings. The Balaban J connectivity index is 2.39. The Morgan fingerprint density at radius 2 is 1.90 bits per heavy atom. The predicted molar refractivity (Wildman–Crippen MR) is 82.9 cm³/mol. The van der Waals surface area contributed by atoms with Crippen molar-refractivity contribution in [3.63, 3.8) is 0 Å². The van der Waals surface area contributed by atoms with Crippen molar-refractivity contribution < 1.29 is 14.3 Å². The number of piperidine rings is 1. The fraction of sp³-hybridized carbons (Fsp3) is 0.750. The molecule has 1 aliphatic heterocycles. The summed E-state index contributed by atoms with van der Waals surface area (Å²) in [7, 11) is 0. The molecule has 120 valence electrons. The van der Waals surface area contributed by atoms with Gasteiger partial charge in [-0.25, -0.2) is 0 Å². The second kappa shape index (κ2) is 8.82. The highest BCUT2D eigenvalue weighted by atomic mass is 16.5. The molecule has 5 nitrogen and oxygen atoms in total. The summed E-state index contributed by atoms with van der Waals surface area (Å²) in [5.74, 6) is 0.0324. The fourth-order valence-electron chi connectivity index (χ4n) is 2.58. The number of hydrogen-bond acceptors (Lipinski definition) is 4. The van der Waals surface area contributed by atoms with E-state index in [4.69, 9.17) is 4.74 Å². The molecule has 1 amide bonds. The normalized spacial score (nSPS) is 16.5. The standard InChI is InChI=1S/C16H28N2O3/c1-5-18(11-13(3)4)15(19)12-17-9-7-14(8-10-17)16(20)21-6-2/h14H,3,5-12H2,1-2,4H3. The highest BCUT2D eigenvalue weighted by Gasteiger charge is 2.27. The van der Waals surface area contributed by atoms with Gasteiger partial charge >= 0.3 is 5.97 Å². The largest absolute Gasteiger partial charge is 0.466 e. The Kier molecular flexibility index (Phi) is 7.43. The second-order valence-electron chi connectivity index (χ2n) is 5.67. The maximum absolute atomic E-state index is 12.2. The minimum atomic E-state index is -0.0963. The molecule has 21 heavy (non-hydrogen) atoms. The molecule has 0 unspecified atom stereocenters. The zero-order chi connectivity index (χ0) is 15.8. The maximum Gasteiger partial charge on any atom is 0.309 e. The number of carbonyl (C=O) groups excluding carboxylic acids is 2. The Hall–Kier alpha value is -1.36. The molecule has 0 N–H and O–H groups in total. The quantitative estimate of drug-likeness (QED) is 0.530. The minimum absolute atomic E-state index is 0.00556. The predicted octanol–water partition coefficient (Wildman–Crippen LogP) is 1.69. The summed E-state index contributed by atoms with van der Waals surface area (Å²) in [5.41, 5.74) is 0.992. The van der Waals surface area contributed by atoms with Crippen LogP contribution in [0.4, 0.5) is 0 Å². The molecule has 0 aliphatic carbocycles. The molecule has 5 heteroatoms. The van der Waals surface area contributed by atoms with Crippen LogP contribution in [-0.2, 0) is 14.3 Å². The molecule has 1 heterocycles. The first-order valence-corrected chi connectivity index (χ1v) is 7.79. The molecular weight excluding hydrogens is 268 g/mol. The van der Waals surface area contributed by atoms with Gasteiger partial charge in [0.05, 0.1) is 19.1 Å². The summed E-state index contributed by atoms with van der Waals surface area (Å²) in [5, 5.41) is 0. The van der Waals surface area contributed by atoms with E-state index in [-0.39, 0.29) is 17.8 Å². The molecular formula is C16H28N2O3. The van der Waals surface area contributed by atoms with Crippen LogP contribution >= 0.6 is 0 Å². The molecule has 0 aromatic rings. The lowest BCUT2D eigenvalue weighted by Gasteiger charge is -2.32. The summed E-state index contributed by atoms with van der Waals surface area (Å²) in [6, 6.07) is 0. The first-order valence-electron chi connectivity index (χ1n) is 7.79. The fourth-order valence-corrected chi connectivity index (χ4v) is 2.58. The van der Waals surface area contributed by atoms with Gasteiger partial charge in [0.1, 0.15) is 0 Å². The molecule has 1 aliphatic rings. The van der Waals surface area contributed by atoms with Crippen LogP contribution in [0.1, 0.15) is 33.6 Å². The van der Waals surface area contributed by atoms with E-state index in [1.165, 1.54) is 0 Å². The van der Waals surface area contributed by atoms with Crippen molar-refractivity contribution >= 4 is 11.9 Å². The van der Waals surface area contributed by atoms with Gasteiger partial charge < -0.3 is 9.64 Å². The average molecular weight is 296 g/mol. The minimum Gasteiger partial charge on any atom is -0.466 e. The molecule has 1 saturated heterocycles. The summed E-state index contributed by atoms with van der Waals surface area (Å²) in [6.45, 7) is 13.3. The third kappa shape index (κ3) is 5.87. The van der Waals surface area contributed by atoms with E-state index in [0.717, 1.165) is 31.5 Å². The average Bonchev–Trinajstić information content (AvgIpc) is 2.45. The van der Waals surface area contributed by atoms with E-state index in [9.17, 15) is 9.59 Å². The number of amides is 1. The lowest BCUT2D eigenvalue weighted by atomic mass is 9.97. The molecule has 0 spiro atoms. The second-order valence-corrected chi connectivity index (χ2v) is 5.67. The third-order valence-corrected chi connectivity index (χ3v) is 3.76. The van der Waals surface area contributed by atoms with Crippen LogP contribution in [0.25, 0.3) is 0 Å². The topological polar surface area (TPSA) is 49.9 Å². The molecule has 0 atom stereocenters. The van der Waals surface area contributed by atoms with Gasteiger partial charge in [0, 0.05) is 13.1 Å². The number of rotatable bonds is 7.